The van der Waals surface area contributed by atoms with Crippen LogP contribution in [-0.2, 0) is 11.8 Å². The third-order valence-electron chi connectivity index (χ3n) is 3.04. The standard InChI is InChI=1S/C15H23Br/c1-5-7-13-8-6-9-14(10-13)15(3,4)11-12(2)16/h6,8-10,12H,5,7,11H2,1-4H3. The summed E-state index contributed by atoms with van der Waals surface area (Å²) < 4.78 is 0. The van der Waals surface area contributed by atoms with Crippen LogP contribution in [0.3, 0.4) is 0 Å². The van der Waals surface area contributed by atoms with Gasteiger partial charge in [0.1, 0.15) is 0 Å². The molecule has 0 saturated heterocycles. The quantitative estimate of drug-likeness (QED) is 0.660. The average molecular weight is 283 g/mol. The topological polar surface area (TPSA) is 0 Å². The second-order valence-corrected chi connectivity index (χ2v) is 6.88. The lowest BCUT2D eigenvalue weighted by Gasteiger charge is -2.27. The lowest BCUT2D eigenvalue weighted by Crippen LogP contribution is -2.20. The molecule has 1 rings (SSSR count). The van der Waals surface area contributed by atoms with Crippen molar-refractivity contribution in [1.82, 2.24) is 0 Å². The Hall–Kier alpha value is -0.300. The molecule has 0 N–H and O–H groups in total. The summed E-state index contributed by atoms with van der Waals surface area (Å²) in [5.74, 6) is 0. The number of rotatable bonds is 5. The van der Waals surface area contributed by atoms with Gasteiger partial charge in [-0.1, -0.05) is 74.3 Å². The zero-order valence-corrected chi connectivity index (χ0v) is 12.5. The molecule has 0 bridgehead atoms. The first kappa shape index (κ1) is 13.8. The fourth-order valence-electron chi connectivity index (χ4n) is 2.26. The van der Waals surface area contributed by atoms with Crippen LogP contribution in [0.5, 0.6) is 0 Å². The van der Waals surface area contributed by atoms with E-state index in [0.29, 0.717) is 4.83 Å². The second-order valence-electron chi connectivity index (χ2n) is 5.32. The Kier molecular flexibility index (Phi) is 5.04. The van der Waals surface area contributed by atoms with E-state index in [1.807, 2.05) is 0 Å². The summed E-state index contributed by atoms with van der Waals surface area (Å²) in [6, 6.07) is 9.06. The fraction of sp³-hybridized carbons (Fsp3) is 0.600. The van der Waals surface area contributed by atoms with Gasteiger partial charge >= 0.3 is 0 Å². The summed E-state index contributed by atoms with van der Waals surface area (Å²) in [5, 5.41) is 0. The molecule has 0 saturated carbocycles. The van der Waals surface area contributed by atoms with Gasteiger partial charge in [-0.3, -0.25) is 0 Å². The summed E-state index contributed by atoms with van der Waals surface area (Å²) in [6.45, 7) is 9.11. The summed E-state index contributed by atoms with van der Waals surface area (Å²) in [4.78, 5) is 0.567. The predicted octanol–water partition coefficient (Wildman–Crippen LogP) is 5.09. The maximum Gasteiger partial charge on any atom is 0.0125 e. The molecule has 0 aliphatic rings. The fourth-order valence-corrected chi connectivity index (χ4v) is 3.07. The Balaban J connectivity index is 2.89. The van der Waals surface area contributed by atoms with Gasteiger partial charge in [0.05, 0.1) is 0 Å². The van der Waals surface area contributed by atoms with E-state index in [9.17, 15) is 0 Å². The van der Waals surface area contributed by atoms with Crippen molar-refractivity contribution in [2.24, 2.45) is 0 Å². The van der Waals surface area contributed by atoms with Gasteiger partial charge in [-0.2, -0.15) is 0 Å². The number of halogens is 1. The molecule has 0 nitrogen and oxygen atoms in total. The van der Waals surface area contributed by atoms with Crippen molar-refractivity contribution < 1.29 is 0 Å². The molecule has 0 aromatic heterocycles. The molecule has 1 atom stereocenters. The smallest absolute Gasteiger partial charge is 0.0125 e. The summed E-state index contributed by atoms with van der Waals surface area (Å²) >= 11 is 3.66. The maximum atomic E-state index is 3.66. The Bertz CT molecular complexity index is 326. The number of hydrogen-bond acceptors (Lipinski definition) is 0. The molecule has 1 unspecified atom stereocenters. The Morgan fingerprint density at radius 2 is 2.00 bits per heavy atom. The van der Waals surface area contributed by atoms with Gasteiger partial charge in [-0.15, -0.1) is 0 Å². The number of hydrogen-bond donors (Lipinski definition) is 0. The molecule has 0 amide bonds. The first-order chi connectivity index (χ1) is 7.45. The molecule has 0 radical (unpaired) electrons. The van der Waals surface area contributed by atoms with Gasteiger partial charge in [0, 0.05) is 4.83 Å². The van der Waals surface area contributed by atoms with Crippen LogP contribution in [0.25, 0.3) is 0 Å². The molecular formula is C15H23Br. The van der Waals surface area contributed by atoms with E-state index in [4.69, 9.17) is 0 Å². The first-order valence-corrected chi connectivity index (χ1v) is 7.11. The molecule has 0 spiro atoms. The van der Waals surface area contributed by atoms with Crippen molar-refractivity contribution in [2.45, 2.75) is 57.2 Å². The summed E-state index contributed by atoms with van der Waals surface area (Å²) in [5.41, 5.74) is 3.19. The third-order valence-corrected chi connectivity index (χ3v) is 3.36. The van der Waals surface area contributed by atoms with Crippen LogP contribution in [0.1, 0.15) is 51.7 Å². The van der Waals surface area contributed by atoms with Crippen LogP contribution in [0.15, 0.2) is 24.3 Å². The summed E-state index contributed by atoms with van der Waals surface area (Å²) in [7, 11) is 0. The maximum absolute atomic E-state index is 3.66. The van der Waals surface area contributed by atoms with Gasteiger partial charge < -0.3 is 0 Å². The molecular weight excluding hydrogens is 260 g/mol. The van der Waals surface area contributed by atoms with E-state index < -0.39 is 0 Å². The Morgan fingerprint density at radius 3 is 2.56 bits per heavy atom. The van der Waals surface area contributed by atoms with Gasteiger partial charge in [0.25, 0.3) is 0 Å². The van der Waals surface area contributed by atoms with Crippen molar-refractivity contribution in [1.29, 1.82) is 0 Å². The highest BCUT2D eigenvalue weighted by Crippen LogP contribution is 2.31. The predicted molar refractivity (Wildman–Crippen MR) is 76.5 cm³/mol. The molecule has 0 heterocycles. The third kappa shape index (κ3) is 3.93. The Labute approximate surface area is 109 Å². The van der Waals surface area contributed by atoms with Gasteiger partial charge in [0.15, 0.2) is 0 Å². The van der Waals surface area contributed by atoms with Crippen LogP contribution in [0, 0.1) is 0 Å². The normalized spacial score (nSPS) is 13.8. The zero-order valence-electron chi connectivity index (χ0n) is 10.9. The Morgan fingerprint density at radius 1 is 1.31 bits per heavy atom. The average Bonchev–Trinajstić information content (AvgIpc) is 2.16. The van der Waals surface area contributed by atoms with Crippen molar-refractivity contribution in [2.75, 3.05) is 0 Å². The molecule has 1 aromatic rings. The molecule has 16 heavy (non-hydrogen) atoms. The molecule has 0 aliphatic heterocycles. The van der Waals surface area contributed by atoms with Crippen molar-refractivity contribution in [3.05, 3.63) is 35.4 Å². The van der Waals surface area contributed by atoms with Crippen LogP contribution in [0.4, 0.5) is 0 Å². The van der Waals surface area contributed by atoms with Crippen LogP contribution in [-0.4, -0.2) is 4.83 Å². The molecule has 0 aliphatic carbocycles. The number of alkyl halides is 1. The monoisotopic (exact) mass is 282 g/mol. The zero-order chi connectivity index (χ0) is 12.2. The van der Waals surface area contributed by atoms with Gasteiger partial charge in [-0.05, 0) is 29.4 Å². The van der Waals surface area contributed by atoms with Crippen molar-refractivity contribution >= 4 is 15.9 Å². The van der Waals surface area contributed by atoms with E-state index in [2.05, 4.69) is 67.9 Å². The lowest BCUT2D eigenvalue weighted by atomic mass is 9.80. The highest BCUT2D eigenvalue weighted by molar-refractivity contribution is 9.09. The van der Waals surface area contributed by atoms with Crippen molar-refractivity contribution in [3.63, 3.8) is 0 Å². The van der Waals surface area contributed by atoms with E-state index in [1.165, 1.54) is 30.4 Å². The van der Waals surface area contributed by atoms with Crippen LogP contribution < -0.4 is 0 Å². The van der Waals surface area contributed by atoms with E-state index in [1.54, 1.807) is 0 Å². The summed E-state index contributed by atoms with van der Waals surface area (Å²) in [6.07, 6.45) is 3.58. The molecule has 1 heteroatoms. The minimum Gasteiger partial charge on any atom is -0.0893 e. The first-order valence-electron chi connectivity index (χ1n) is 6.19. The van der Waals surface area contributed by atoms with E-state index >= 15 is 0 Å². The minimum atomic E-state index is 0.257. The number of benzene rings is 1. The van der Waals surface area contributed by atoms with Crippen LogP contribution >= 0.6 is 15.9 Å². The second kappa shape index (κ2) is 5.86. The molecule has 0 fully saturated rings. The SMILES string of the molecule is CCCc1cccc(C(C)(C)CC(C)Br)c1. The number of aryl methyl sites for hydroxylation is 1. The minimum absolute atomic E-state index is 0.257. The van der Waals surface area contributed by atoms with E-state index in [0.717, 1.165) is 0 Å². The highest BCUT2D eigenvalue weighted by atomic mass is 79.9. The largest absolute Gasteiger partial charge is 0.0893 e. The lowest BCUT2D eigenvalue weighted by molar-refractivity contribution is 0.482. The molecule has 90 valence electrons. The van der Waals surface area contributed by atoms with Crippen molar-refractivity contribution in [3.8, 4) is 0 Å². The van der Waals surface area contributed by atoms with Gasteiger partial charge in [0.2, 0.25) is 0 Å². The van der Waals surface area contributed by atoms with Gasteiger partial charge in [-0.25, -0.2) is 0 Å². The van der Waals surface area contributed by atoms with Crippen LogP contribution in [0.2, 0.25) is 0 Å². The highest BCUT2D eigenvalue weighted by Gasteiger charge is 2.22. The molecule has 1 aromatic carbocycles. The van der Waals surface area contributed by atoms with E-state index in [-0.39, 0.29) is 5.41 Å².